The second-order valence-electron chi connectivity index (χ2n) is 10.0. The van der Waals surface area contributed by atoms with Crippen LogP contribution in [0.3, 0.4) is 0 Å². The Morgan fingerprint density at radius 1 is 1.12 bits per heavy atom. The van der Waals surface area contributed by atoms with Crippen LogP contribution in [0.25, 0.3) is 16.2 Å². The van der Waals surface area contributed by atoms with E-state index in [1.165, 1.54) is 21.2 Å². The standard InChI is InChI=1S/C29H34ClN3O5S2/c1-22-26-18-24(30)9-10-27(26)39-29(22)40(35,36)33-16-17-37-19-25(33)20-38-21-28(34)32-14-12-31(13-15-32)11-5-8-23-6-3-2-4-7-23/h2-10,18,25H,11-17,19-21H2,1H3/b8-5+/t25-/m0/s1. The van der Waals surface area contributed by atoms with E-state index in [1.54, 1.807) is 12.1 Å². The molecule has 40 heavy (non-hydrogen) atoms. The van der Waals surface area contributed by atoms with Crippen LogP contribution in [-0.4, -0.2) is 100 Å². The van der Waals surface area contributed by atoms with Crippen molar-refractivity contribution in [2.24, 2.45) is 0 Å². The maximum atomic E-state index is 13.7. The van der Waals surface area contributed by atoms with Crippen molar-refractivity contribution in [2.75, 3.05) is 65.7 Å². The number of nitrogens with zero attached hydrogens (tertiary/aromatic N) is 3. The summed E-state index contributed by atoms with van der Waals surface area (Å²) in [5.74, 6) is -0.0807. The fraction of sp³-hybridized carbons (Fsp3) is 0.414. The van der Waals surface area contributed by atoms with Crippen LogP contribution in [0, 0.1) is 6.92 Å². The molecule has 0 N–H and O–H groups in total. The molecule has 8 nitrogen and oxygen atoms in total. The zero-order valence-corrected chi connectivity index (χ0v) is 24.9. The Kier molecular flexibility index (Phi) is 9.57. The Balaban J connectivity index is 1.12. The Morgan fingerprint density at radius 2 is 1.90 bits per heavy atom. The average Bonchev–Trinajstić information content (AvgIpc) is 3.30. The monoisotopic (exact) mass is 603 g/mol. The van der Waals surface area contributed by atoms with Gasteiger partial charge >= 0.3 is 0 Å². The fourth-order valence-corrected chi connectivity index (χ4v) is 8.68. The van der Waals surface area contributed by atoms with Gasteiger partial charge in [0, 0.05) is 49.0 Å². The number of hydrogen-bond acceptors (Lipinski definition) is 7. The predicted molar refractivity (Wildman–Crippen MR) is 159 cm³/mol. The molecule has 1 aromatic heterocycles. The molecular formula is C29H34ClN3O5S2. The van der Waals surface area contributed by atoms with Crippen LogP contribution in [0.2, 0.25) is 5.02 Å². The van der Waals surface area contributed by atoms with Crippen LogP contribution in [0.15, 0.2) is 58.8 Å². The van der Waals surface area contributed by atoms with Crippen molar-refractivity contribution in [3.63, 3.8) is 0 Å². The van der Waals surface area contributed by atoms with E-state index in [4.69, 9.17) is 21.1 Å². The zero-order valence-electron chi connectivity index (χ0n) is 22.5. The van der Waals surface area contributed by atoms with Gasteiger partial charge in [-0.1, -0.05) is 54.1 Å². The third-order valence-electron chi connectivity index (χ3n) is 7.31. The molecule has 0 bridgehead atoms. The number of hydrogen-bond donors (Lipinski definition) is 0. The number of amides is 1. The molecule has 0 radical (unpaired) electrons. The molecule has 11 heteroatoms. The third kappa shape index (κ3) is 6.76. The van der Waals surface area contributed by atoms with Crippen LogP contribution in [0.1, 0.15) is 11.1 Å². The molecular weight excluding hydrogens is 570 g/mol. The largest absolute Gasteiger partial charge is 0.378 e. The van der Waals surface area contributed by atoms with Crippen molar-refractivity contribution in [1.29, 1.82) is 0 Å². The van der Waals surface area contributed by atoms with Crippen LogP contribution in [0.4, 0.5) is 0 Å². The van der Waals surface area contributed by atoms with Crippen LogP contribution in [-0.2, 0) is 24.3 Å². The SMILES string of the molecule is Cc1c(S(=O)(=O)N2CCOC[C@H]2COCC(=O)N2CCN(C/C=C/c3ccccc3)CC2)sc2ccc(Cl)cc12. The third-order valence-corrected chi connectivity index (χ3v) is 11.4. The van der Waals surface area contributed by atoms with Gasteiger partial charge in [-0.05, 0) is 41.6 Å². The normalized spacial score (nSPS) is 19.6. The van der Waals surface area contributed by atoms with Crippen molar-refractivity contribution >= 4 is 55.0 Å². The van der Waals surface area contributed by atoms with Gasteiger partial charge in [-0.25, -0.2) is 8.42 Å². The van der Waals surface area contributed by atoms with Crippen molar-refractivity contribution in [1.82, 2.24) is 14.1 Å². The Bertz CT molecular complexity index is 1450. The molecule has 214 valence electrons. The smallest absolute Gasteiger partial charge is 0.253 e. The minimum atomic E-state index is -3.78. The van der Waals surface area contributed by atoms with E-state index in [2.05, 4.69) is 29.2 Å². The summed E-state index contributed by atoms with van der Waals surface area (Å²) in [6.07, 6.45) is 4.26. The number of carbonyl (C=O) groups excluding carboxylic acids is 1. The summed E-state index contributed by atoms with van der Waals surface area (Å²) in [5, 5.41) is 1.41. The lowest BCUT2D eigenvalue weighted by atomic mass is 10.2. The van der Waals surface area contributed by atoms with E-state index < -0.39 is 16.1 Å². The van der Waals surface area contributed by atoms with Gasteiger partial charge in [-0.15, -0.1) is 11.3 Å². The molecule has 2 aromatic carbocycles. The topological polar surface area (TPSA) is 79.4 Å². The Labute approximate surface area is 244 Å². The minimum Gasteiger partial charge on any atom is -0.378 e. The van der Waals surface area contributed by atoms with Crippen molar-refractivity contribution in [3.8, 4) is 0 Å². The molecule has 0 spiro atoms. The predicted octanol–water partition coefficient (Wildman–Crippen LogP) is 4.13. The summed E-state index contributed by atoms with van der Waals surface area (Å²) < 4.78 is 41.4. The number of fused-ring (bicyclic) bond motifs is 1. The van der Waals surface area contributed by atoms with E-state index in [-0.39, 0.29) is 32.3 Å². The van der Waals surface area contributed by atoms with E-state index in [1.807, 2.05) is 36.1 Å². The molecule has 2 fully saturated rings. The molecule has 2 saturated heterocycles. The molecule has 1 amide bonds. The molecule has 1 atom stereocenters. The van der Waals surface area contributed by atoms with Crippen LogP contribution >= 0.6 is 22.9 Å². The lowest BCUT2D eigenvalue weighted by molar-refractivity contribution is -0.138. The van der Waals surface area contributed by atoms with Gasteiger partial charge in [0.05, 0.1) is 25.9 Å². The number of ether oxygens (including phenoxy) is 2. The number of rotatable bonds is 9. The van der Waals surface area contributed by atoms with Crippen molar-refractivity contribution in [2.45, 2.75) is 17.2 Å². The summed E-state index contributed by atoms with van der Waals surface area (Å²) in [7, 11) is -3.78. The number of carbonyl (C=O) groups is 1. The van der Waals surface area contributed by atoms with Gasteiger partial charge < -0.3 is 14.4 Å². The van der Waals surface area contributed by atoms with E-state index in [9.17, 15) is 13.2 Å². The van der Waals surface area contributed by atoms with E-state index in [0.717, 1.165) is 29.7 Å². The van der Waals surface area contributed by atoms with E-state index in [0.29, 0.717) is 34.5 Å². The van der Waals surface area contributed by atoms with Gasteiger partial charge in [0.15, 0.2) is 0 Å². The van der Waals surface area contributed by atoms with Gasteiger partial charge in [0.2, 0.25) is 5.91 Å². The average molecular weight is 604 g/mol. The number of halogens is 1. The van der Waals surface area contributed by atoms with Gasteiger partial charge in [-0.2, -0.15) is 4.31 Å². The lowest BCUT2D eigenvalue weighted by Gasteiger charge is -2.35. The molecule has 5 rings (SSSR count). The quantitative estimate of drug-likeness (QED) is 0.366. The van der Waals surface area contributed by atoms with Crippen LogP contribution in [0.5, 0.6) is 0 Å². The first kappa shape index (κ1) is 29.2. The van der Waals surface area contributed by atoms with Gasteiger partial charge in [-0.3, -0.25) is 9.69 Å². The zero-order chi connectivity index (χ0) is 28.1. The first-order valence-corrected chi connectivity index (χ1v) is 16.0. The number of benzene rings is 2. The highest BCUT2D eigenvalue weighted by atomic mass is 35.5. The number of sulfonamides is 1. The summed E-state index contributed by atoms with van der Waals surface area (Å²) in [6, 6.07) is 15.1. The number of thiophene rings is 1. The molecule has 2 aliphatic rings. The number of aryl methyl sites for hydroxylation is 1. The summed E-state index contributed by atoms with van der Waals surface area (Å²) in [6.45, 7) is 6.31. The Morgan fingerprint density at radius 3 is 2.67 bits per heavy atom. The lowest BCUT2D eigenvalue weighted by Crippen LogP contribution is -2.52. The van der Waals surface area contributed by atoms with E-state index >= 15 is 0 Å². The second kappa shape index (κ2) is 13.1. The molecule has 0 aliphatic carbocycles. The highest BCUT2D eigenvalue weighted by Gasteiger charge is 2.37. The summed E-state index contributed by atoms with van der Waals surface area (Å²) in [4.78, 5) is 16.9. The maximum absolute atomic E-state index is 13.7. The molecule has 3 aromatic rings. The number of piperazine rings is 1. The summed E-state index contributed by atoms with van der Waals surface area (Å²) in [5.41, 5.74) is 1.87. The minimum absolute atomic E-state index is 0.0807. The first-order chi connectivity index (χ1) is 19.3. The Hall–Kier alpha value is -2.31. The highest BCUT2D eigenvalue weighted by molar-refractivity contribution is 7.91. The van der Waals surface area contributed by atoms with Crippen LogP contribution < -0.4 is 0 Å². The first-order valence-electron chi connectivity index (χ1n) is 13.4. The van der Waals surface area contributed by atoms with Gasteiger partial charge in [0.1, 0.15) is 10.8 Å². The second-order valence-corrected chi connectivity index (χ2v) is 13.6. The molecule has 0 saturated carbocycles. The van der Waals surface area contributed by atoms with Crippen molar-refractivity contribution in [3.05, 3.63) is 70.8 Å². The maximum Gasteiger partial charge on any atom is 0.253 e. The molecule has 3 heterocycles. The van der Waals surface area contributed by atoms with Gasteiger partial charge in [0.25, 0.3) is 10.0 Å². The number of morpholine rings is 1. The summed E-state index contributed by atoms with van der Waals surface area (Å²) >= 11 is 7.40. The fourth-order valence-electron chi connectivity index (χ4n) is 5.07. The van der Waals surface area contributed by atoms with Crippen molar-refractivity contribution < 1.29 is 22.7 Å². The molecule has 0 unspecified atom stereocenters. The highest BCUT2D eigenvalue weighted by Crippen LogP contribution is 2.37. The molecule has 2 aliphatic heterocycles.